The molecule has 92 valence electrons. The number of aromatic nitrogens is 3. The Hall–Kier alpha value is -1.72. The molecule has 2 N–H and O–H groups in total. The molecule has 2 rings (SSSR count). The van der Waals surface area contributed by atoms with E-state index in [1.807, 2.05) is 13.8 Å². The van der Waals surface area contributed by atoms with Crippen molar-refractivity contribution in [3.63, 3.8) is 0 Å². The van der Waals surface area contributed by atoms with E-state index in [0.29, 0.717) is 25.0 Å². The summed E-state index contributed by atoms with van der Waals surface area (Å²) in [7, 11) is 0. The van der Waals surface area contributed by atoms with E-state index in [0.717, 1.165) is 24.2 Å². The fourth-order valence-electron chi connectivity index (χ4n) is 1.35. The summed E-state index contributed by atoms with van der Waals surface area (Å²) < 4.78 is 0. The van der Waals surface area contributed by atoms with Gasteiger partial charge in [0.25, 0.3) is 0 Å². The molecule has 0 aliphatic heterocycles. The standard InChI is InChI=1S/C11H17N5O/c1-7-8(2)15-16-11(13-7)12-6-5-10(17)14-9-3-4-9/h9H,3-6H2,1-2H3,(H,14,17)(H,12,13,16). The fraction of sp³-hybridized carbons (Fsp3) is 0.636. The summed E-state index contributed by atoms with van der Waals surface area (Å²) in [6.45, 7) is 4.28. The van der Waals surface area contributed by atoms with Crippen LogP contribution >= 0.6 is 0 Å². The number of anilines is 1. The molecule has 1 amide bonds. The van der Waals surface area contributed by atoms with Gasteiger partial charge in [0, 0.05) is 19.0 Å². The number of rotatable bonds is 5. The van der Waals surface area contributed by atoms with E-state index in [-0.39, 0.29) is 5.91 Å². The van der Waals surface area contributed by atoms with Gasteiger partial charge in [-0.25, -0.2) is 4.98 Å². The maximum absolute atomic E-state index is 11.4. The average molecular weight is 235 g/mol. The molecule has 0 spiro atoms. The molecule has 17 heavy (non-hydrogen) atoms. The van der Waals surface area contributed by atoms with E-state index >= 15 is 0 Å². The van der Waals surface area contributed by atoms with Crippen LogP contribution in [0.3, 0.4) is 0 Å². The highest BCUT2D eigenvalue weighted by Crippen LogP contribution is 2.18. The zero-order chi connectivity index (χ0) is 12.3. The average Bonchev–Trinajstić information content (AvgIpc) is 3.07. The largest absolute Gasteiger partial charge is 0.353 e. The first-order chi connectivity index (χ1) is 8.15. The van der Waals surface area contributed by atoms with E-state index in [4.69, 9.17) is 0 Å². The Morgan fingerprint density at radius 2 is 2.06 bits per heavy atom. The SMILES string of the molecule is Cc1nnc(NCCC(=O)NC2CC2)nc1C. The van der Waals surface area contributed by atoms with Gasteiger partial charge in [-0.05, 0) is 26.7 Å². The van der Waals surface area contributed by atoms with Gasteiger partial charge in [0.15, 0.2) is 0 Å². The molecule has 6 heteroatoms. The van der Waals surface area contributed by atoms with Crippen molar-refractivity contribution < 1.29 is 4.79 Å². The van der Waals surface area contributed by atoms with Gasteiger partial charge in [-0.3, -0.25) is 4.79 Å². The smallest absolute Gasteiger partial charge is 0.242 e. The van der Waals surface area contributed by atoms with Gasteiger partial charge in [-0.1, -0.05) is 0 Å². The van der Waals surface area contributed by atoms with Gasteiger partial charge in [0.05, 0.1) is 11.4 Å². The molecule has 1 aliphatic rings. The molecular weight excluding hydrogens is 218 g/mol. The van der Waals surface area contributed by atoms with E-state index in [2.05, 4.69) is 25.8 Å². The highest BCUT2D eigenvalue weighted by molar-refractivity contribution is 5.77. The molecule has 1 aliphatic carbocycles. The lowest BCUT2D eigenvalue weighted by molar-refractivity contribution is -0.120. The summed E-state index contributed by atoms with van der Waals surface area (Å²) >= 11 is 0. The highest BCUT2D eigenvalue weighted by atomic mass is 16.1. The molecule has 0 unspecified atom stereocenters. The number of carbonyl (C=O) groups is 1. The number of nitrogens with zero attached hydrogens (tertiary/aromatic N) is 3. The van der Waals surface area contributed by atoms with Crippen LogP contribution in [0.25, 0.3) is 0 Å². The van der Waals surface area contributed by atoms with Gasteiger partial charge < -0.3 is 10.6 Å². The summed E-state index contributed by atoms with van der Waals surface area (Å²) in [5.41, 5.74) is 1.67. The minimum absolute atomic E-state index is 0.0804. The number of carbonyl (C=O) groups excluding carboxylic acids is 1. The van der Waals surface area contributed by atoms with E-state index in [1.54, 1.807) is 0 Å². The molecule has 0 aromatic carbocycles. The molecule has 0 radical (unpaired) electrons. The van der Waals surface area contributed by atoms with Crippen LogP contribution in [0.5, 0.6) is 0 Å². The number of hydrogen-bond acceptors (Lipinski definition) is 5. The molecule has 1 heterocycles. The van der Waals surface area contributed by atoms with Crippen LogP contribution in [0.4, 0.5) is 5.95 Å². The zero-order valence-corrected chi connectivity index (χ0v) is 10.2. The predicted octanol–water partition coefficient (Wildman–Crippen LogP) is 0.569. The summed E-state index contributed by atoms with van der Waals surface area (Å²) in [5.74, 6) is 0.559. The van der Waals surface area contributed by atoms with Crippen LogP contribution in [0.1, 0.15) is 30.7 Å². The Bertz CT molecular complexity index is 416. The normalized spacial score (nSPS) is 14.5. The second-order valence-corrected chi connectivity index (χ2v) is 4.32. The molecule has 6 nitrogen and oxygen atoms in total. The Balaban J connectivity index is 1.73. The van der Waals surface area contributed by atoms with Crippen LogP contribution in [-0.2, 0) is 4.79 Å². The van der Waals surface area contributed by atoms with Crippen LogP contribution in [0.2, 0.25) is 0 Å². The van der Waals surface area contributed by atoms with Crippen LogP contribution in [0.15, 0.2) is 0 Å². The minimum atomic E-state index is 0.0804. The second-order valence-electron chi connectivity index (χ2n) is 4.32. The van der Waals surface area contributed by atoms with Gasteiger partial charge in [-0.2, -0.15) is 5.10 Å². The quantitative estimate of drug-likeness (QED) is 0.780. The molecule has 0 bridgehead atoms. The lowest BCUT2D eigenvalue weighted by atomic mass is 10.4. The Kier molecular flexibility index (Phi) is 3.51. The molecular formula is C11H17N5O. The third kappa shape index (κ3) is 3.65. The van der Waals surface area contributed by atoms with E-state index in [9.17, 15) is 4.79 Å². The van der Waals surface area contributed by atoms with Crippen molar-refractivity contribution in [1.82, 2.24) is 20.5 Å². The van der Waals surface area contributed by atoms with E-state index < -0.39 is 0 Å². The van der Waals surface area contributed by atoms with E-state index in [1.165, 1.54) is 0 Å². The molecule has 1 fully saturated rings. The van der Waals surface area contributed by atoms with Crippen LogP contribution < -0.4 is 10.6 Å². The first-order valence-corrected chi connectivity index (χ1v) is 5.86. The first-order valence-electron chi connectivity index (χ1n) is 5.86. The van der Waals surface area contributed by atoms with Crippen molar-refractivity contribution in [2.24, 2.45) is 0 Å². The molecule has 1 aromatic heterocycles. The third-order valence-electron chi connectivity index (χ3n) is 2.67. The summed E-state index contributed by atoms with van der Waals surface area (Å²) in [6, 6.07) is 0.419. The zero-order valence-electron chi connectivity index (χ0n) is 10.2. The summed E-state index contributed by atoms with van der Waals surface area (Å²) in [6.07, 6.45) is 2.67. The lowest BCUT2D eigenvalue weighted by Gasteiger charge is -2.06. The number of aryl methyl sites for hydroxylation is 2. The summed E-state index contributed by atoms with van der Waals surface area (Å²) in [4.78, 5) is 15.6. The maximum atomic E-state index is 11.4. The van der Waals surface area contributed by atoms with Crippen LogP contribution in [-0.4, -0.2) is 33.7 Å². The van der Waals surface area contributed by atoms with Crippen molar-refractivity contribution in [2.45, 2.75) is 39.2 Å². The first kappa shape index (κ1) is 11.8. The molecule has 0 saturated heterocycles. The number of nitrogens with one attached hydrogen (secondary N) is 2. The Morgan fingerprint density at radius 3 is 2.71 bits per heavy atom. The van der Waals surface area contributed by atoms with Crippen molar-refractivity contribution >= 4 is 11.9 Å². The predicted molar refractivity (Wildman–Crippen MR) is 63.6 cm³/mol. The van der Waals surface area contributed by atoms with Crippen molar-refractivity contribution in [3.8, 4) is 0 Å². The van der Waals surface area contributed by atoms with Crippen molar-refractivity contribution in [3.05, 3.63) is 11.4 Å². The van der Waals surface area contributed by atoms with Gasteiger partial charge >= 0.3 is 0 Å². The van der Waals surface area contributed by atoms with Gasteiger partial charge in [0.2, 0.25) is 11.9 Å². The van der Waals surface area contributed by atoms with Gasteiger partial charge in [-0.15, -0.1) is 5.10 Å². The minimum Gasteiger partial charge on any atom is -0.353 e. The topological polar surface area (TPSA) is 79.8 Å². The maximum Gasteiger partial charge on any atom is 0.242 e. The highest BCUT2D eigenvalue weighted by Gasteiger charge is 2.22. The van der Waals surface area contributed by atoms with Crippen LogP contribution in [0, 0.1) is 13.8 Å². The number of hydrogen-bond donors (Lipinski definition) is 2. The lowest BCUT2D eigenvalue weighted by Crippen LogP contribution is -2.27. The molecule has 1 aromatic rings. The second kappa shape index (κ2) is 5.07. The molecule has 0 atom stereocenters. The Labute approximate surface area is 100 Å². The summed E-state index contributed by atoms with van der Waals surface area (Å²) in [5, 5.41) is 13.8. The monoisotopic (exact) mass is 235 g/mol. The van der Waals surface area contributed by atoms with Crippen molar-refractivity contribution in [1.29, 1.82) is 0 Å². The molecule has 1 saturated carbocycles. The Morgan fingerprint density at radius 1 is 1.29 bits per heavy atom. The third-order valence-corrected chi connectivity index (χ3v) is 2.67. The van der Waals surface area contributed by atoms with Crippen molar-refractivity contribution in [2.75, 3.05) is 11.9 Å². The number of amides is 1. The fourth-order valence-corrected chi connectivity index (χ4v) is 1.35. The van der Waals surface area contributed by atoms with Gasteiger partial charge in [0.1, 0.15) is 0 Å².